The number of rotatable bonds is 0. The van der Waals surface area contributed by atoms with Gasteiger partial charge in [0.1, 0.15) is 42.5 Å². The highest BCUT2D eigenvalue weighted by molar-refractivity contribution is 5.81. The maximum atomic E-state index is 13.6. The van der Waals surface area contributed by atoms with Crippen LogP contribution in [0.15, 0.2) is 24.4 Å². The molecule has 7 nitrogen and oxygen atoms in total. The van der Waals surface area contributed by atoms with E-state index in [2.05, 4.69) is 26.9 Å². The van der Waals surface area contributed by atoms with Gasteiger partial charge in [-0.2, -0.15) is 10.1 Å². The lowest BCUT2D eigenvalue weighted by atomic mass is 10.3. The molecule has 0 aliphatic carbocycles. The van der Waals surface area contributed by atoms with Crippen LogP contribution in [0.3, 0.4) is 0 Å². The highest BCUT2D eigenvalue weighted by atomic mass is 19.1. The molecule has 120 valence electrons. The molecule has 0 fully saturated rings. The standard InChI is InChI=1S/C16H11FN4O3/c17-10-3-4-12-13(7-10)24-6-2-1-5-23-9-14-19-15-11(16(22)20-14)8-18-21(12)15/h3-4,7-8H,5-6,9H2,(H,19,20,22). The molecule has 3 aromatic rings. The van der Waals surface area contributed by atoms with Gasteiger partial charge in [-0.25, -0.2) is 14.1 Å². The van der Waals surface area contributed by atoms with E-state index >= 15 is 0 Å². The van der Waals surface area contributed by atoms with Crippen LogP contribution in [0.2, 0.25) is 0 Å². The Morgan fingerprint density at radius 2 is 2.08 bits per heavy atom. The molecule has 0 amide bonds. The summed E-state index contributed by atoms with van der Waals surface area (Å²) in [6.45, 7) is 0.347. The molecule has 8 heteroatoms. The summed E-state index contributed by atoms with van der Waals surface area (Å²) in [5, 5.41) is 14.7. The first-order valence-corrected chi connectivity index (χ1v) is 7.12. The van der Waals surface area contributed by atoms with Gasteiger partial charge in [-0.3, -0.25) is 0 Å². The lowest BCUT2D eigenvalue weighted by molar-refractivity contribution is 0.146. The third-order valence-corrected chi connectivity index (χ3v) is 3.43. The second-order valence-corrected chi connectivity index (χ2v) is 5.00. The number of fused-ring (bicyclic) bond motifs is 3. The molecule has 1 aliphatic heterocycles. The summed E-state index contributed by atoms with van der Waals surface area (Å²) >= 11 is 0. The predicted molar refractivity (Wildman–Crippen MR) is 81.2 cm³/mol. The van der Waals surface area contributed by atoms with E-state index in [1.165, 1.54) is 29.1 Å². The molecule has 0 radical (unpaired) electrons. The van der Waals surface area contributed by atoms with Crippen LogP contribution in [0.5, 0.6) is 11.6 Å². The SMILES string of the molecule is Oc1nc2nc3c1cnn3-c1ccc(F)cc1OCC#CCOC2. The lowest BCUT2D eigenvalue weighted by Crippen LogP contribution is -2.05. The summed E-state index contributed by atoms with van der Waals surface area (Å²) in [6.07, 6.45) is 1.44. The molecular weight excluding hydrogens is 315 g/mol. The molecule has 1 aromatic carbocycles. The molecule has 3 heterocycles. The van der Waals surface area contributed by atoms with E-state index in [0.29, 0.717) is 22.5 Å². The quantitative estimate of drug-likeness (QED) is 0.632. The van der Waals surface area contributed by atoms with E-state index in [1.807, 2.05) is 0 Å². The Balaban J connectivity index is 1.97. The average Bonchev–Trinajstić information content (AvgIpc) is 2.98. The Bertz CT molecular complexity index is 990. The van der Waals surface area contributed by atoms with E-state index in [1.54, 1.807) is 0 Å². The fourth-order valence-electron chi connectivity index (χ4n) is 2.37. The smallest absolute Gasteiger partial charge is 0.225 e. The van der Waals surface area contributed by atoms with Crippen LogP contribution in [-0.2, 0) is 11.3 Å². The van der Waals surface area contributed by atoms with Crippen molar-refractivity contribution in [2.75, 3.05) is 13.2 Å². The number of aromatic nitrogens is 4. The molecule has 2 bridgehead atoms. The summed E-state index contributed by atoms with van der Waals surface area (Å²) < 4.78 is 25.9. The first kappa shape index (κ1) is 14.4. The van der Waals surface area contributed by atoms with Crippen LogP contribution in [-0.4, -0.2) is 38.1 Å². The number of halogens is 1. The van der Waals surface area contributed by atoms with Crippen LogP contribution in [0.1, 0.15) is 5.82 Å². The van der Waals surface area contributed by atoms with E-state index in [-0.39, 0.29) is 31.5 Å². The number of aromatic hydroxyl groups is 1. The zero-order valence-electron chi connectivity index (χ0n) is 12.4. The first-order valence-electron chi connectivity index (χ1n) is 7.12. The van der Waals surface area contributed by atoms with Crippen molar-refractivity contribution < 1.29 is 19.0 Å². The second kappa shape index (κ2) is 5.79. The minimum absolute atomic E-state index is 0.0821. The van der Waals surface area contributed by atoms with Crippen molar-refractivity contribution in [2.45, 2.75) is 6.61 Å². The van der Waals surface area contributed by atoms with Crippen molar-refractivity contribution in [3.8, 4) is 29.2 Å². The lowest BCUT2D eigenvalue weighted by Gasteiger charge is -2.10. The number of ether oxygens (including phenoxy) is 2. The Morgan fingerprint density at radius 3 is 3.00 bits per heavy atom. The van der Waals surface area contributed by atoms with Crippen molar-refractivity contribution >= 4 is 11.0 Å². The highest BCUT2D eigenvalue weighted by Crippen LogP contribution is 2.29. The van der Waals surface area contributed by atoms with Gasteiger partial charge in [-0.05, 0) is 12.1 Å². The third kappa shape index (κ3) is 2.51. The minimum Gasteiger partial charge on any atom is -0.493 e. The summed E-state index contributed by atoms with van der Waals surface area (Å²) in [5.41, 5.74) is 0.857. The number of hydrogen-bond donors (Lipinski definition) is 1. The zero-order valence-corrected chi connectivity index (χ0v) is 12.4. The fourth-order valence-corrected chi connectivity index (χ4v) is 2.37. The Morgan fingerprint density at radius 1 is 1.21 bits per heavy atom. The van der Waals surface area contributed by atoms with Crippen LogP contribution < -0.4 is 4.74 Å². The van der Waals surface area contributed by atoms with E-state index in [9.17, 15) is 9.50 Å². The molecule has 2 aromatic heterocycles. The third-order valence-electron chi connectivity index (χ3n) is 3.43. The monoisotopic (exact) mass is 326 g/mol. The Labute approximate surface area is 135 Å². The van der Waals surface area contributed by atoms with Crippen molar-refractivity contribution in [1.82, 2.24) is 19.7 Å². The number of hydrogen-bond acceptors (Lipinski definition) is 6. The molecular formula is C16H11FN4O3. The van der Waals surface area contributed by atoms with Gasteiger partial charge < -0.3 is 14.6 Å². The van der Waals surface area contributed by atoms with E-state index in [4.69, 9.17) is 9.47 Å². The van der Waals surface area contributed by atoms with Gasteiger partial charge in [0.05, 0.1) is 6.20 Å². The Kier molecular flexibility index (Phi) is 3.48. The van der Waals surface area contributed by atoms with Crippen LogP contribution >= 0.6 is 0 Å². The van der Waals surface area contributed by atoms with Crippen LogP contribution in [0.25, 0.3) is 16.7 Å². The van der Waals surface area contributed by atoms with Crippen molar-refractivity contribution in [3.63, 3.8) is 0 Å². The molecule has 0 saturated carbocycles. The van der Waals surface area contributed by atoms with Gasteiger partial charge >= 0.3 is 0 Å². The average molecular weight is 326 g/mol. The largest absolute Gasteiger partial charge is 0.493 e. The Hall–Kier alpha value is -3.18. The maximum absolute atomic E-state index is 13.6. The van der Waals surface area contributed by atoms with Crippen molar-refractivity contribution in [2.24, 2.45) is 0 Å². The van der Waals surface area contributed by atoms with E-state index < -0.39 is 5.82 Å². The first-order chi connectivity index (χ1) is 11.7. The van der Waals surface area contributed by atoms with Gasteiger partial charge in [0.15, 0.2) is 11.5 Å². The minimum atomic E-state index is -0.441. The maximum Gasteiger partial charge on any atom is 0.225 e. The second-order valence-electron chi connectivity index (χ2n) is 5.00. The molecule has 0 atom stereocenters. The van der Waals surface area contributed by atoms with Crippen molar-refractivity contribution in [1.29, 1.82) is 0 Å². The molecule has 24 heavy (non-hydrogen) atoms. The highest BCUT2D eigenvalue weighted by Gasteiger charge is 2.17. The molecule has 1 aliphatic rings. The molecule has 0 spiro atoms. The molecule has 4 rings (SSSR count). The number of nitrogens with zero attached hydrogens (tertiary/aromatic N) is 4. The van der Waals surface area contributed by atoms with Crippen molar-refractivity contribution in [3.05, 3.63) is 36.0 Å². The predicted octanol–water partition coefficient (Wildman–Crippen LogP) is 1.57. The van der Waals surface area contributed by atoms with Gasteiger partial charge in [0, 0.05) is 6.07 Å². The van der Waals surface area contributed by atoms with Crippen LogP contribution in [0, 0.1) is 17.7 Å². The van der Waals surface area contributed by atoms with Gasteiger partial charge in [-0.1, -0.05) is 11.8 Å². The van der Waals surface area contributed by atoms with E-state index in [0.717, 1.165) is 0 Å². The van der Waals surface area contributed by atoms with Gasteiger partial charge in [0.2, 0.25) is 5.88 Å². The number of benzene rings is 1. The van der Waals surface area contributed by atoms with Gasteiger partial charge in [-0.15, -0.1) is 0 Å². The summed E-state index contributed by atoms with van der Waals surface area (Å²) in [7, 11) is 0. The van der Waals surface area contributed by atoms with Gasteiger partial charge in [0.25, 0.3) is 0 Å². The molecule has 0 saturated heterocycles. The zero-order chi connectivity index (χ0) is 16.5. The molecule has 1 N–H and O–H groups in total. The summed E-state index contributed by atoms with van der Waals surface area (Å²) in [5.74, 6) is 5.49. The summed E-state index contributed by atoms with van der Waals surface area (Å²) in [6, 6.07) is 4.08. The summed E-state index contributed by atoms with van der Waals surface area (Å²) in [4.78, 5) is 8.35. The van der Waals surface area contributed by atoms with Crippen LogP contribution in [0.4, 0.5) is 4.39 Å². The molecule has 0 unspecified atom stereocenters. The normalized spacial score (nSPS) is 13.9. The topological polar surface area (TPSA) is 82.3 Å². The fraction of sp³-hybridized carbons (Fsp3) is 0.188.